The first kappa shape index (κ1) is 26.9. The van der Waals surface area contributed by atoms with Gasteiger partial charge in [-0.25, -0.2) is 0 Å². The van der Waals surface area contributed by atoms with Gasteiger partial charge in [0.2, 0.25) is 11.8 Å². The fourth-order valence-electron chi connectivity index (χ4n) is 3.05. The molecule has 0 radical (unpaired) electrons. The van der Waals surface area contributed by atoms with E-state index in [1.54, 1.807) is 0 Å². The van der Waals surface area contributed by atoms with Crippen molar-refractivity contribution in [2.24, 2.45) is 0 Å². The number of amides is 2. The van der Waals surface area contributed by atoms with Gasteiger partial charge in [0.05, 0.1) is 11.4 Å². The van der Waals surface area contributed by atoms with E-state index in [1.807, 2.05) is 48.5 Å². The number of thiocarbonyl (C=S) groups is 1. The minimum absolute atomic E-state index is 0.0170. The predicted molar refractivity (Wildman–Crippen MR) is 145 cm³/mol. The zero-order chi connectivity index (χ0) is 24.6. The summed E-state index contributed by atoms with van der Waals surface area (Å²) < 4.78 is 0. The Morgan fingerprint density at radius 3 is 1.32 bits per heavy atom. The van der Waals surface area contributed by atoms with Crippen LogP contribution in [0.15, 0.2) is 48.5 Å². The van der Waals surface area contributed by atoms with Crippen molar-refractivity contribution in [2.45, 2.75) is 65.2 Å². The number of anilines is 4. The van der Waals surface area contributed by atoms with Gasteiger partial charge in [0.1, 0.15) is 0 Å². The molecule has 2 aromatic rings. The number of hydrogen-bond donors (Lipinski definition) is 6. The standard InChI is InChI=1S/C25H36N6O2S/c1-3-5-7-9-23(32)30-28-21-15-11-19(12-16-21)26-25(34)27-20-13-17-22(18-14-20)29-31-24(33)10-8-6-4-2/h11-18,28-29H,3-10H2,1-2H3,(H,30,32)(H,31,33)(H2,26,27,34). The minimum atomic E-state index is -0.0170. The summed E-state index contributed by atoms with van der Waals surface area (Å²) in [6.07, 6.45) is 7.12. The van der Waals surface area contributed by atoms with E-state index in [0.717, 1.165) is 61.3 Å². The number of hydrogen-bond acceptors (Lipinski definition) is 5. The van der Waals surface area contributed by atoms with Crippen LogP contribution in [0.4, 0.5) is 22.7 Å². The average Bonchev–Trinajstić information content (AvgIpc) is 2.83. The Morgan fingerprint density at radius 2 is 0.971 bits per heavy atom. The quantitative estimate of drug-likeness (QED) is 0.119. The highest BCUT2D eigenvalue weighted by atomic mass is 32.1. The lowest BCUT2D eigenvalue weighted by Gasteiger charge is -2.13. The summed E-state index contributed by atoms with van der Waals surface area (Å²) in [6.45, 7) is 4.22. The highest BCUT2D eigenvalue weighted by Gasteiger charge is 2.03. The Balaban J connectivity index is 1.71. The molecule has 0 heterocycles. The fourth-order valence-corrected chi connectivity index (χ4v) is 3.28. The van der Waals surface area contributed by atoms with Gasteiger partial charge < -0.3 is 10.6 Å². The maximum absolute atomic E-state index is 11.8. The van der Waals surface area contributed by atoms with E-state index in [9.17, 15) is 9.59 Å². The van der Waals surface area contributed by atoms with E-state index in [-0.39, 0.29) is 11.8 Å². The van der Waals surface area contributed by atoms with Crippen molar-refractivity contribution in [3.8, 4) is 0 Å². The molecule has 0 atom stereocenters. The zero-order valence-corrected chi connectivity index (χ0v) is 20.8. The van der Waals surface area contributed by atoms with E-state index in [2.05, 4.69) is 46.2 Å². The molecule has 0 spiro atoms. The minimum Gasteiger partial charge on any atom is -0.332 e. The van der Waals surface area contributed by atoms with Gasteiger partial charge >= 0.3 is 0 Å². The zero-order valence-electron chi connectivity index (χ0n) is 20.0. The Kier molecular flexibility index (Phi) is 12.3. The second-order valence-corrected chi connectivity index (χ2v) is 8.40. The number of rotatable bonds is 14. The first-order valence-electron chi connectivity index (χ1n) is 11.9. The van der Waals surface area contributed by atoms with Crippen LogP contribution in [0.1, 0.15) is 65.2 Å². The van der Waals surface area contributed by atoms with Crippen LogP contribution in [-0.2, 0) is 9.59 Å². The second kappa shape index (κ2) is 15.5. The molecule has 2 amide bonds. The van der Waals surface area contributed by atoms with Gasteiger partial charge in [-0.15, -0.1) is 0 Å². The molecule has 0 saturated carbocycles. The van der Waals surface area contributed by atoms with Crippen molar-refractivity contribution >= 4 is 51.9 Å². The summed E-state index contributed by atoms with van der Waals surface area (Å²) in [6, 6.07) is 14.9. The number of carbonyl (C=O) groups excluding carboxylic acids is 2. The molecule has 0 fully saturated rings. The lowest BCUT2D eigenvalue weighted by molar-refractivity contribution is -0.121. The van der Waals surface area contributed by atoms with Crippen LogP contribution in [0.2, 0.25) is 0 Å². The molecule has 0 aliphatic rings. The molecular formula is C25H36N6O2S. The molecule has 0 aromatic heterocycles. The highest BCUT2D eigenvalue weighted by molar-refractivity contribution is 7.80. The van der Waals surface area contributed by atoms with E-state index >= 15 is 0 Å². The molecule has 2 aromatic carbocycles. The third kappa shape index (κ3) is 11.0. The fraction of sp³-hybridized carbons (Fsp3) is 0.400. The molecule has 0 aliphatic carbocycles. The van der Waals surface area contributed by atoms with Gasteiger partial charge in [-0.3, -0.25) is 31.3 Å². The van der Waals surface area contributed by atoms with Crippen LogP contribution >= 0.6 is 12.2 Å². The Morgan fingerprint density at radius 1 is 0.618 bits per heavy atom. The normalized spacial score (nSPS) is 10.2. The summed E-state index contributed by atoms with van der Waals surface area (Å²) in [5.74, 6) is -0.0341. The van der Waals surface area contributed by atoms with Crippen molar-refractivity contribution in [1.82, 2.24) is 10.9 Å². The van der Waals surface area contributed by atoms with E-state index in [1.165, 1.54) is 0 Å². The molecule has 34 heavy (non-hydrogen) atoms. The van der Waals surface area contributed by atoms with Crippen molar-refractivity contribution in [3.05, 3.63) is 48.5 Å². The number of unbranched alkanes of at least 4 members (excludes halogenated alkanes) is 4. The predicted octanol–water partition coefficient (Wildman–Crippen LogP) is 5.54. The summed E-state index contributed by atoms with van der Waals surface area (Å²) in [4.78, 5) is 23.6. The van der Waals surface area contributed by atoms with Crippen LogP contribution in [0.25, 0.3) is 0 Å². The number of benzene rings is 2. The van der Waals surface area contributed by atoms with Gasteiger partial charge in [-0.2, -0.15) is 0 Å². The second-order valence-electron chi connectivity index (χ2n) is 7.99. The largest absolute Gasteiger partial charge is 0.332 e. The van der Waals surface area contributed by atoms with Gasteiger partial charge in [0.25, 0.3) is 0 Å². The molecule has 0 bridgehead atoms. The van der Waals surface area contributed by atoms with Gasteiger partial charge in [-0.1, -0.05) is 39.5 Å². The number of hydrazine groups is 2. The van der Waals surface area contributed by atoms with Crippen molar-refractivity contribution in [3.63, 3.8) is 0 Å². The monoisotopic (exact) mass is 484 g/mol. The van der Waals surface area contributed by atoms with E-state index < -0.39 is 0 Å². The maximum atomic E-state index is 11.8. The Labute approximate surface area is 207 Å². The molecule has 6 N–H and O–H groups in total. The molecule has 0 aliphatic heterocycles. The molecule has 0 unspecified atom stereocenters. The summed E-state index contributed by atoms with van der Waals surface area (Å²) in [5, 5.41) is 6.71. The topological polar surface area (TPSA) is 106 Å². The van der Waals surface area contributed by atoms with Crippen LogP contribution in [-0.4, -0.2) is 16.9 Å². The van der Waals surface area contributed by atoms with Crippen LogP contribution in [0.5, 0.6) is 0 Å². The SMILES string of the molecule is CCCCCC(=O)NNc1ccc(NC(=S)Nc2ccc(NNC(=O)CCCCC)cc2)cc1. The lowest BCUT2D eigenvalue weighted by atomic mass is 10.2. The smallest absolute Gasteiger partial charge is 0.238 e. The molecule has 2 rings (SSSR count). The van der Waals surface area contributed by atoms with E-state index in [4.69, 9.17) is 12.2 Å². The van der Waals surface area contributed by atoms with Crippen molar-refractivity contribution in [2.75, 3.05) is 21.5 Å². The third-order valence-electron chi connectivity index (χ3n) is 4.99. The van der Waals surface area contributed by atoms with Crippen LogP contribution in [0, 0.1) is 0 Å². The van der Waals surface area contributed by atoms with E-state index in [0.29, 0.717) is 18.0 Å². The summed E-state index contributed by atoms with van der Waals surface area (Å²) >= 11 is 5.39. The molecular weight excluding hydrogens is 448 g/mol. The number of nitrogens with one attached hydrogen (secondary N) is 6. The molecule has 184 valence electrons. The van der Waals surface area contributed by atoms with Gasteiger partial charge in [0.15, 0.2) is 5.11 Å². The van der Waals surface area contributed by atoms with Crippen molar-refractivity contribution in [1.29, 1.82) is 0 Å². The Hall–Kier alpha value is -3.33. The number of carbonyl (C=O) groups is 2. The average molecular weight is 485 g/mol. The summed E-state index contributed by atoms with van der Waals surface area (Å²) in [5.41, 5.74) is 14.5. The highest BCUT2D eigenvalue weighted by Crippen LogP contribution is 2.16. The Bertz CT molecular complexity index is 829. The van der Waals surface area contributed by atoms with Gasteiger partial charge in [0, 0.05) is 24.2 Å². The van der Waals surface area contributed by atoms with Gasteiger partial charge in [-0.05, 0) is 73.6 Å². The first-order chi connectivity index (χ1) is 16.5. The van der Waals surface area contributed by atoms with Crippen molar-refractivity contribution < 1.29 is 9.59 Å². The third-order valence-corrected chi connectivity index (χ3v) is 5.20. The lowest BCUT2D eigenvalue weighted by Crippen LogP contribution is -2.29. The molecule has 8 nitrogen and oxygen atoms in total. The first-order valence-corrected chi connectivity index (χ1v) is 12.3. The molecule has 9 heteroatoms. The molecule has 0 saturated heterocycles. The van der Waals surface area contributed by atoms with Crippen LogP contribution in [0.3, 0.4) is 0 Å². The van der Waals surface area contributed by atoms with Crippen LogP contribution < -0.4 is 32.3 Å². The summed E-state index contributed by atoms with van der Waals surface area (Å²) in [7, 11) is 0. The maximum Gasteiger partial charge on any atom is 0.238 e.